The number of carbonyl (C=O) groups excluding carboxylic acids is 1. The predicted octanol–water partition coefficient (Wildman–Crippen LogP) is 4.13. The topological polar surface area (TPSA) is 38.3 Å². The Kier molecular flexibility index (Phi) is 5.37. The minimum Gasteiger partial charge on any atom is -0.489 e. The largest absolute Gasteiger partial charge is 0.489 e. The molecular formula is C19H21NO2. The number of hydrogen-bond acceptors (Lipinski definition) is 2. The molecule has 1 amide bonds. The molecule has 0 bridgehead atoms. The molecule has 0 aliphatic carbocycles. The predicted molar refractivity (Wildman–Crippen MR) is 89.1 cm³/mol. The third-order valence-electron chi connectivity index (χ3n) is 3.25. The number of ether oxygens (including phenoxy) is 1. The first-order chi connectivity index (χ1) is 10.6. The molecule has 0 aliphatic heterocycles. The summed E-state index contributed by atoms with van der Waals surface area (Å²) in [7, 11) is 0. The van der Waals surface area contributed by atoms with Crippen molar-refractivity contribution in [1.29, 1.82) is 0 Å². The van der Waals surface area contributed by atoms with Gasteiger partial charge in [0, 0.05) is 5.56 Å². The maximum Gasteiger partial charge on any atom is 0.251 e. The maximum absolute atomic E-state index is 12.2. The minimum atomic E-state index is -0.0946. The van der Waals surface area contributed by atoms with Gasteiger partial charge in [-0.3, -0.25) is 4.79 Å². The van der Waals surface area contributed by atoms with Crippen molar-refractivity contribution in [2.45, 2.75) is 19.9 Å². The van der Waals surface area contributed by atoms with Gasteiger partial charge in [0.2, 0.25) is 0 Å². The molecule has 1 atom stereocenters. The SMILES string of the molecule is C=C(C)COc1ccc(C(=O)NC(C)c2ccccc2)cc1. The second-order valence-electron chi connectivity index (χ2n) is 5.38. The Labute approximate surface area is 131 Å². The number of nitrogens with one attached hydrogen (secondary N) is 1. The van der Waals surface area contributed by atoms with E-state index in [1.54, 1.807) is 24.3 Å². The smallest absolute Gasteiger partial charge is 0.251 e. The van der Waals surface area contributed by atoms with E-state index < -0.39 is 0 Å². The van der Waals surface area contributed by atoms with Gasteiger partial charge in [-0.25, -0.2) is 0 Å². The lowest BCUT2D eigenvalue weighted by Gasteiger charge is -2.14. The van der Waals surface area contributed by atoms with Gasteiger partial charge in [-0.1, -0.05) is 36.9 Å². The second-order valence-corrected chi connectivity index (χ2v) is 5.38. The van der Waals surface area contributed by atoms with Gasteiger partial charge in [0.25, 0.3) is 5.91 Å². The molecule has 0 spiro atoms. The first kappa shape index (κ1) is 15.8. The second kappa shape index (κ2) is 7.46. The molecule has 3 heteroatoms. The van der Waals surface area contributed by atoms with Gasteiger partial charge >= 0.3 is 0 Å². The van der Waals surface area contributed by atoms with E-state index in [9.17, 15) is 4.79 Å². The molecule has 22 heavy (non-hydrogen) atoms. The van der Waals surface area contributed by atoms with Gasteiger partial charge in [0.15, 0.2) is 0 Å². The molecule has 0 aromatic heterocycles. The van der Waals surface area contributed by atoms with Crippen molar-refractivity contribution in [3.05, 3.63) is 77.9 Å². The van der Waals surface area contributed by atoms with E-state index in [0.717, 1.165) is 16.9 Å². The van der Waals surface area contributed by atoms with Gasteiger partial charge in [0.05, 0.1) is 6.04 Å². The Morgan fingerprint density at radius 1 is 1.14 bits per heavy atom. The van der Waals surface area contributed by atoms with Crippen LogP contribution in [0.25, 0.3) is 0 Å². The van der Waals surface area contributed by atoms with E-state index in [1.807, 2.05) is 44.2 Å². The lowest BCUT2D eigenvalue weighted by molar-refractivity contribution is 0.0940. The lowest BCUT2D eigenvalue weighted by atomic mass is 10.1. The molecule has 1 unspecified atom stereocenters. The molecule has 0 saturated carbocycles. The molecule has 0 aliphatic rings. The van der Waals surface area contributed by atoms with Crippen molar-refractivity contribution in [3.8, 4) is 5.75 Å². The maximum atomic E-state index is 12.2. The normalized spacial score (nSPS) is 11.5. The Morgan fingerprint density at radius 2 is 1.77 bits per heavy atom. The average molecular weight is 295 g/mol. The third-order valence-corrected chi connectivity index (χ3v) is 3.25. The fourth-order valence-corrected chi connectivity index (χ4v) is 2.01. The number of carbonyl (C=O) groups is 1. The van der Waals surface area contributed by atoms with Gasteiger partial charge in [-0.15, -0.1) is 0 Å². The van der Waals surface area contributed by atoms with Crippen LogP contribution in [0.15, 0.2) is 66.7 Å². The Morgan fingerprint density at radius 3 is 2.36 bits per heavy atom. The third kappa shape index (κ3) is 4.48. The van der Waals surface area contributed by atoms with Crippen LogP contribution in [-0.2, 0) is 0 Å². The van der Waals surface area contributed by atoms with Crippen LogP contribution in [0, 0.1) is 0 Å². The molecule has 2 aromatic carbocycles. The molecule has 0 saturated heterocycles. The Balaban J connectivity index is 1.96. The van der Waals surface area contributed by atoms with Crippen LogP contribution in [0.4, 0.5) is 0 Å². The summed E-state index contributed by atoms with van der Waals surface area (Å²) < 4.78 is 5.52. The number of rotatable bonds is 6. The molecule has 1 N–H and O–H groups in total. The molecule has 114 valence electrons. The van der Waals surface area contributed by atoms with E-state index in [2.05, 4.69) is 11.9 Å². The van der Waals surface area contributed by atoms with Crippen molar-refractivity contribution in [1.82, 2.24) is 5.32 Å². The van der Waals surface area contributed by atoms with Crippen molar-refractivity contribution in [3.63, 3.8) is 0 Å². The Hall–Kier alpha value is -2.55. The Bertz CT molecular complexity index is 632. The van der Waals surface area contributed by atoms with Gasteiger partial charge in [0.1, 0.15) is 12.4 Å². The summed E-state index contributed by atoms with van der Waals surface area (Å²) in [5.74, 6) is 0.637. The molecule has 0 radical (unpaired) electrons. The monoisotopic (exact) mass is 295 g/mol. The quantitative estimate of drug-likeness (QED) is 0.814. The van der Waals surface area contributed by atoms with E-state index in [-0.39, 0.29) is 11.9 Å². The molecule has 0 fully saturated rings. The molecule has 2 aromatic rings. The van der Waals surface area contributed by atoms with Crippen LogP contribution in [0.1, 0.15) is 35.8 Å². The lowest BCUT2D eigenvalue weighted by Crippen LogP contribution is -2.26. The first-order valence-electron chi connectivity index (χ1n) is 7.29. The number of hydrogen-bond donors (Lipinski definition) is 1. The zero-order valence-corrected chi connectivity index (χ0v) is 13.0. The first-order valence-corrected chi connectivity index (χ1v) is 7.29. The highest BCUT2D eigenvalue weighted by Gasteiger charge is 2.11. The summed E-state index contributed by atoms with van der Waals surface area (Å²) in [6.07, 6.45) is 0. The highest BCUT2D eigenvalue weighted by Crippen LogP contribution is 2.15. The van der Waals surface area contributed by atoms with E-state index in [0.29, 0.717) is 12.2 Å². The van der Waals surface area contributed by atoms with Gasteiger partial charge in [-0.05, 0) is 49.2 Å². The van der Waals surface area contributed by atoms with Crippen LogP contribution in [0.2, 0.25) is 0 Å². The van der Waals surface area contributed by atoms with Gasteiger partial charge in [-0.2, -0.15) is 0 Å². The summed E-state index contributed by atoms with van der Waals surface area (Å²) in [5, 5.41) is 2.99. The summed E-state index contributed by atoms with van der Waals surface area (Å²) in [4.78, 5) is 12.2. The fraction of sp³-hybridized carbons (Fsp3) is 0.211. The molecule has 3 nitrogen and oxygen atoms in total. The molecule has 0 heterocycles. The molecular weight excluding hydrogens is 274 g/mol. The van der Waals surface area contributed by atoms with Gasteiger partial charge < -0.3 is 10.1 Å². The van der Waals surface area contributed by atoms with Crippen molar-refractivity contribution < 1.29 is 9.53 Å². The van der Waals surface area contributed by atoms with Crippen LogP contribution in [0.5, 0.6) is 5.75 Å². The zero-order valence-electron chi connectivity index (χ0n) is 13.0. The average Bonchev–Trinajstić information content (AvgIpc) is 2.54. The van der Waals surface area contributed by atoms with Crippen molar-refractivity contribution in [2.24, 2.45) is 0 Å². The summed E-state index contributed by atoms with van der Waals surface area (Å²) >= 11 is 0. The number of benzene rings is 2. The van der Waals surface area contributed by atoms with Crippen LogP contribution >= 0.6 is 0 Å². The van der Waals surface area contributed by atoms with Crippen LogP contribution < -0.4 is 10.1 Å². The van der Waals surface area contributed by atoms with Crippen molar-refractivity contribution >= 4 is 5.91 Å². The van der Waals surface area contributed by atoms with E-state index >= 15 is 0 Å². The summed E-state index contributed by atoms with van der Waals surface area (Å²) in [6.45, 7) is 8.15. The highest BCUT2D eigenvalue weighted by atomic mass is 16.5. The van der Waals surface area contributed by atoms with Crippen LogP contribution in [0.3, 0.4) is 0 Å². The minimum absolute atomic E-state index is 0.0342. The highest BCUT2D eigenvalue weighted by molar-refractivity contribution is 5.94. The van der Waals surface area contributed by atoms with E-state index in [1.165, 1.54) is 0 Å². The summed E-state index contributed by atoms with van der Waals surface area (Å²) in [6, 6.07) is 17.0. The fourth-order valence-electron chi connectivity index (χ4n) is 2.01. The standard InChI is InChI=1S/C19H21NO2/c1-14(2)13-22-18-11-9-17(10-12-18)19(21)20-15(3)16-7-5-4-6-8-16/h4-12,15H,1,13H2,2-3H3,(H,20,21). The zero-order chi connectivity index (χ0) is 15.9. The number of amides is 1. The van der Waals surface area contributed by atoms with E-state index in [4.69, 9.17) is 4.74 Å². The van der Waals surface area contributed by atoms with Crippen LogP contribution in [-0.4, -0.2) is 12.5 Å². The van der Waals surface area contributed by atoms with Crippen molar-refractivity contribution in [2.75, 3.05) is 6.61 Å². The molecule has 2 rings (SSSR count). The summed E-state index contributed by atoms with van der Waals surface area (Å²) in [5.41, 5.74) is 2.65.